The summed E-state index contributed by atoms with van der Waals surface area (Å²) >= 11 is 6.87. The third-order valence-electron chi connectivity index (χ3n) is 4.87. The lowest BCUT2D eigenvalue weighted by molar-refractivity contribution is -0.122. The number of carbonyl (C=O) groups is 1. The molecule has 1 atom stereocenters. The van der Waals surface area contributed by atoms with Gasteiger partial charge in [-0.1, -0.05) is 6.07 Å². The number of carbonyl (C=O) groups excluding carboxylic acids is 1. The Labute approximate surface area is 177 Å². The third-order valence-corrected chi connectivity index (χ3v) is 6.05. The van der Waals surface area contributed by atoms with Gasteiger partial charge in [0.15, 0.2) is 10.6 Å². The van der Waals surface area contributed by atoms with Gasteiger partial charge in [0.25, 0.3) is 0 Å². The van der Waals surface area contributed by atoms with E-state index in [-0.39, 0.29) is 18.5 Å². The first-order chi connectivity index (χ1) is 14.1. The van der Waals surface area contributed by atoms with Crippen LogP contribution in [0.3, 0.4) is 0 Å². The summed E-state index contributed by atoms with van der Waals surface area (Å²) in [6.07, 6.45) is 0. The lowest BCUT2D eigenvalue weighted by Gasteiger charge is -2.33. The predicted molar refractivity (Wildman–Crippen MR) is 112 cm³/mol. The molecule has 1 amide bonds. The third kappa shape index (κ3) is 4.67. The first-order valence-corrected chi connectivity index (χ1v) is 10.7. The minimum Gasteiger partial charge on any atom is -0.465 e. The highest BCUT2D eigenvalue weighted by Crippen LogP contribution is 2.24. The number of amides is 1. The number of aryl methyl sites for hydroxylation is 1. The van der Waals surface area contributed by atoms with Crippen LogP contribution in [0, 0.1) is 11.7 Å². The Bertz CT molecular complexity index is 1000. The first kappa shape index (κ1) is 20.0. The summed E-state index contributed by atoms with van der Waals surface area (Å²) in [6.45, 7) is 5.44. The minimum atomic E-state index is -0.123. The summed E-state index contributed by atoms with van der Waals surface area (Å²) in [7, 11) is 0. The van der Waals surface area contributed by atoms with Gasteiger partial charge in [0.05, 0.1) is 24.1 Å². The van der Waals surface area contributed by atoms with Crippen LogP contribution in [0.1, 0.15) is 17.6 Å². The highest BCUT2D eigenvalue weighted by molar-refractivity contribution is 7.71. The summed E-state index contributed by atoms with van der Waals surface area (Å²) in [5.74, 6) is 2.26. The second-order valence-electron chi connectivity index (χ2n) is 6.83. The second-order valence-corrected chi connectivity index (χ2v) is 8.17. The Morgan fingerprint density at radius 3 is 2.90 bits per heavy atom. The number of aromatic amines is 1. The predicted octanol–water partition coefficient (Wildman–Crippen LogP) is 2.76. The van der Waals surface area contributed by atoms with Gasteiger partial charge in [0.1, 0.15) is 18.1 Å². The van der Waals surface area contributed by atoms with Crippen LogP contribution < -0.4 is 5.32 Å². The smallest absolute Gasteiger partial charge is 0.240 e. The van der Waals surface area contributed by atoms with E-state index in [1.54, 1.807) is 15.9 Å². The molecule has 0 spiro atoms. The fourth-order valence-corrected chi connectivity index (χ4v) is 4.32. The van der Waals surface area contributed by atoms with Crippen molar-refractivity contribution in [2.45, 2.75) is 19.5 Å². The molecule has 4 rings (SSSR count). The van der Waals surface area contributed by atoms with Gasteiger partial charge in [-0.15, -0.1) is 11.3 Å². The van der Waals surface area contributed by atoms with Crippen molar-refractivity contribution in [1.82, 2.24) is 25.0 Å². The second kappa shape index (κ2) is 9.04. The lowest BCUT2D eigenvalue weighted by atomic mass is 10.1. The molecule has 154 valence electrons. The fraction of sp³-hybridized carbons (Fsp3) is 0.421. The quantitative estimate of drug-likeness (QED) is 0.557. The van der Waals surface area contributed by atoms with E-state index in [9.17, 15) is 4.79 Å². The van der Waals surface area contributed by atoms with Crippen LogP contribution in [0.15, 0.2) is 34.1 Å². The molecule has 0 saturated carbocycles. The summed E-state index contributed by atoms with van der Waals surface area (Å²) in [6, 6.07) is 7.79. The number of thiophene rings is 1. The van der Waals surface area contributed by atoms with Crippen molar-refractivity contribution in [2.24, 2.45) is 0 Å². The van der Waals surface area contributed by atoms with Crippen LogP contribution in [0.25, 0.3) is 10.7 Å². The summed E-state index contributed by atoms with van der Waals surface area (Å²) in [5, 5.41) is 12.1. The highest BCUT2D eigenvalue weighted by atomic mass is 32.1. The van der Waals surface area contributed by atoms with E-state index in [2.05, 4.69) is 20.4 Å². The molecule has 3 aromatic heterocycles. The van der Waals surface area contributed by atoms with Crippen molar-refractivity contribution < 1.29 is 13.9 Å². The standard InChI is InChI=1S/C19H23N5O3S2/c1-13-4-5-15(27-13)14(23-6-8-26-9-7-23)11-20-17(25)12-24-18(21-22-19(24)28)16-3-2-10-29-16/h2-5,10,14H,6-9,11-12H2,1H3,(H,20,25)(H,22,28). The minimum absolute atomic E-state index is 0.0364. The monoisotopic (exact) mass is 433 g/mol. The molecular weight excluding hydrogens is 410 g/mol. The van der Waals surface area contributed by atoms with E-state index in [1.165, 1.54) is 0 Å². The number of hydrogen-bond acceptors (Lipinski definition) is 7. The SMILES string of the molecule is Cc1ccc(C(CNC(=O)Cn2c(-c3cccs3)n[nH]c2=S)N2CCOCC2)o1. The van der Waals surface area contributed by atoms with Crippen LogP contribution in [0.2, 0.25) is 0 Å². The summed E-state index contributed by atoms with van der Waals surface area (Å²) in [5.41, 5.74) is 0. The van der Waals surface area contributed by atoms with Crippen LogP contribution >= 0.6 is 23.6 Å². The molecule has 0 bridgehead atoms. The van der Waals surface area contributed by atoms with Gasteiger partial charge < -0.3 is 14.5 Å². The maximum atomic E-state index is 12.7. The average Bonchev–Trinajstić information content (AvgIpc) is 3.46. The molecule has 1 fully saturated rings. The summed E-state index contributed by atoms with van der Waals surface area (Å²) in [4.78, 5) is 16.0. The number of ether oxygens (including phenoxy) is 1. The van der Waals surface area contributed by atoms with E-state index in [4.69, 9.17) is 21.4 Å². The lowest BCUT2D eigenvalue weighted by Crippen LogP contribution is -2.44. The number of rotatable bonds is 7. The van der Waals surface area contributed by atoms with Gasteiger partial charge >= 0.3 is 0 Å². The van der Waals surface area contributed by atoms with E-state index in [0.29, 0.717) is 30.4 Å². The van der Waals surface area contributed by atoms with Crippen LogP contribution in [0.5, 0.6) is 0 Å². The molecule has 8 nitrogen and oxygen atoms in total. The van der Waals surface area contributed by atoms with Gasteiger partial charge in [-0.2, -0.15) is 5.10 Å². The van der Waals surface area contributed by atoms with Gasteiger partial charge in [-0.05, 0) is 42.7 Å². The zero-order chi connectivity index (χ0) is 20.2. The zero-order valence-electron chi connectivity index (χ0n) is 16.1. The number of H-pyrrole nitrogens is 1. The topological polar surface area (TPSA) is 88.3 Å². The molecule has 0 aromatic carbocycles. The van der Waals surface area contributed by atoms with Crippen LogP contribution in [0.4, 0.5) is 0 Å². The maximum absolute atomic E-state index is 12.7. The molecule has 1 aliphatic rings. The average molecular weight is 434 g/mol. The number of nitrogens with one attached hydrogen (secondary N) is 2. The van der Waals surface area contributed by atoms with Gasteiger partial charge in [-0.3, -0.25) is 19.4 Å². The molecule has 10 heteroatoms. The molecular formula is C19H23N5O3S2. The molecule has 1 unspecified atom stereocenters. The maximum Gasteiger partial charge on any atom is 0.240 e. The van der Waals surface area contributed by atoms with Crippen molar-refractivity contribution >= 4 is 29.5 Å². The zero-order valence-corrected chi connectivity index (χ0v) is 17.7. The molecule has 0 radical (unpaired) electrons. The number of aromatic nitrogens is 3. The Balaban J connectivity index is 1.45. The number of hydrogen-bond donors (Lipinski definition) is 2. The number of furan rings is 1. The highest BCUT2D eigenvalue weighted by Gasteiger charge is 2.26. The van der Waals surface area contributed by atoms with Crippen molar-refractivity contribution in [3.05, 3.63) is 45.9 Å². The molecule has 1 aliphatic heterocycles. The Morgan fingerprint density at radius 1 is 1.38 bits per heavy atom. The van der Waals surface area contributed by atoms with Gasteiger partial charge in [0, 0.05) is 19.6 Å². The van der Waals surface area contributed by atoms with Crippen LogP contribution in [-0.2, 0) is 16.1 Å². The fourth-order valence-electron chi connectivity index (χ4n) is 3.40. The normalized spacial score (nSPS) is 16.0. The Hall–Kier alpha value is -2.27. The first-order valence-electron chi connectivity index (χ1n) is 9.46. The van der Waals surface area contributed by atoms with Gasteiger partial charge in [-0.25, -0.2) is 0 Å². The van der Waals surface area contributed by atoms with E-state index < -0.39 is 0 Å². The Kier molecular flexibility index (Phi) is 6.24. The van der Waals surface area contributed by atoms with Crippen molar-refractivity contribution in [1.29, 1.82) is 0 Å². The van der Waals surface area contributed by atoms with E-state index in [0.717, 1.165) is 29.5 Å². The largest absolute Gasteiger partial charge is 0.465 e. The molecule has 2 N–H and O–H groups in total. The van der Waals surface area contributed by atoms with Crippen molar-refractivity contribution in [2.75, 3.05) is 32.8 Å². The summed E-state index contributed by atoms with van der Waals surface area (Å²) < 4.78 is 13.5. The Morgan fingerprint density at radius 2 is 2.21 bits per heavy atom. The van der Waals surface area contributed by atoms with Crippen molar-refractivity contribution in [3.63, 3.8) is 0 Å². The number of nitrogens with zero attached hydrogens (tertiary/aromatic N) is 3. The van der Waals surface area contributed by atoms with Crippen molar-refractivity contribution in [3.8, 4) is 10.7 Å². The van der Waals surface area contributed by atoms with E-state index >= 15 is 0 Å². The number of morpholine rings is 1. The molecule has 0 aliphatic carbocycles. The van der Waals surface area contributed by atoms with Gasteiger partial charge in [0.2, 0.25) is 5.91 Å². The molecule has 1 saturated heterocycles. The molecule has 3 aromatic rings. The molecule has 4 heterocycles. The van der Waals surface area contributed by atoms with Crippen LogP contribution in [-0.4, -0.2) is 58.4 Å². The molecule has 29 heavy (non-hydrogen) atoms. The van der Waals surface area contributed by atoms with E-state index in [1.807, 2.05) is 36.6 Å².